The van der Waals surface area contributed by atoms with Crippen molar-refractivity contribution >= 4 is 12.0 Å². The Morgan fingerprint density at radius 1 is 1.00 bits per heavy atom. The third kappa shape index (κ3) is 14.6. The van der Waals surface area contributed by atoms with E-state index in [1.165, 1.54) is 0 Å². The number of carbonyl (C=O) groups excluding carboxylic acids is 1. The van der Waals surface area contributed by atoms with Crippen molar-refractivity contribution in [2.75, 3.05) is 0 Å². The predicted molar refractivity (Wildman–Crippen MR) is 75.9 cm³/mol. The smallest absolute Gasteiger partial charge is 0 e. The molecule has 1 aromatic carbocycles. The molecule has 0 aliphatic carbocycles. The molecule has 0 spiro atoms. The number of hydrogen-bond acceptors (Lipinski definition) is 1. The van der Waals surface area contributed by atoms with Crippen molar-refractivity contribution in [3.05, 3.63) is 67.5 Å². The maximum Gasteiger partial charge on any atom is 0 e. The summed E-state index contributed by atoms with van der Waals surface area (Å²) in [6.45, 7) is 19.5. The summed E-state index contributed by atoms with van der Waals surface area (Å²) in [6.07, 6.45) is 3.77. The van der Waals surface area contributed by atoms with Gasteiger partial charge in [-0.3, -0.25) is 0 Å². The van der Waals surface area contributed by atoms with Crippen LogP contribution in [0.3, 0.4) is 0 Å². The van der Waals surface area contributed by atoms with Gasteiger partial charge in [-0.25, -0.2) is 4.79 Å². The molecule has 0 fully saturated rings. The van der Waals surface area contributed by atoms with Gasteiger partial charge in [0.25, 0.3) is 0 Å². The quantitative estimate of drug-likeness (QED) is 0.267. The summed E-state index contributed by atoms with van der Waals surface area (Å²) < 4.78 is 22.5. The largest absolute Gasteiger partial charge is 0 e. The van der Waals surface area contributed by atoms with Crippen LogP contribution in [0.2, 0.25) is 0 Å². The fourth-order valence-corrected chi connectivity index (χ4v) is 1.18. The molecule has 0 heterocycles. The van der Waals surface area contributed by atoms with E-state index in [9.17, 15) is 4.79 Å². The van der Waals surface area contributed by atoms with E-state index in [-0.39, 0.29) is 22.5 Å². The van der Waals surface area contributed by atoms with E-state index in [0.29, 0.717) is 5.57 Å². The average molecular weight is 340 g/mol. The number of rotatable bonds is 2. The van der Waals surface area contributed by atoms with Crippen molar-refractivity contribution in [1.29, 1.82) is 0 Å². The summed E-state index contributed by atoms with van der Waals surface area (Å²) in [7, 11) is 0. The van der Waals surface area contributed by atoms with E-state index in [1.807, 2.05) is 69.2 Å². The molecule has 0 N–H and O–H groups in total. The topological polar surface area (TPSA) is 76.8 Å². The van der Waals surface area contributed by atoms with Gasteiger partial charge >= 0.3 is 33.9 Å². The fraction of sp³-hybridized carbons (Fsp3) is 0.235. The molecule has 0 saturated carbocycles. The zero-order valence-corrected chi connectivity index (χ0v) is 13.6. The van der Waals surface area contributed by atoms with Crippen molar-refractivity contribution in [2.45, 2.75) is 20.8 Å². The van der Waals surface area contributed by atoms with Gasteiger partial charge in [0, 0.05) is 22.6 Å². The first kappa shape index (κ1) is 28.3. The molecular weight excluding hydrogens is 324 g/mol. The summed E-state index contributed by atoms with van der Waals surface area (Å²) in [6, 6.07) is 9.92. The van der Waals surface area contributed by atoms with E-state index in [1.54, 1.807) is 0 Å². The second-order valence-corrected chi connectivity index (χ2v) is 4.51. The molecule has 116 valence electrons. The third-order valence-corrected chi connectivity index (χ3v) is 2.16. The van der Waals surface area contributed by atoms with Gasteiger partial charge in [0.2, 0.25) is 0 Å². The second-order valence-electron chi connectivity index (χ2n) is 4.51. The molecular formula is C17H16FeO4. The number of benzene rings is 1. The first-order valence-corrected chi connectivity index (χ1v) is 5.64. The molecule has 5 heteroatoms. The van der Waals surface area contributed by atoms with Crippen molar-refractivity contribution in [3.8, 4) is 0 Å². The predicted octanol–water partition coefficient (Wildman–Crippen LogP) is 3.39. The SMILES string of the molecule is CC(C)(C)C(=C=O)C=Cc1ccccc1.[C-]#[O+].[C-]#[O+].[C-]#[O+].[Fe]. The fourth-order valence-electron chi connectivity index (χ4n) is 1.18. The molecule has 0 unspecified atom stereocenters. The summed E-state index contributed by atoms with van der Waals surface area (Å²) in [5.41, 5.74) is 1.63. The molecule has 1 aromatic rings. The molecule has 0 atom stereocenters. The van der Waals surface area contributed by atoms with Crippen molar-refractivity contribution < 1.29 is 35.8 Å². The Morgan fingerprint density at radius 3 is 1.73 bits per heavy atom. The minimum absolute atomic E-state index is 0. The Bertz CT molecular complexity index is 499. The van der Waals surface area contributed by atoms with Gasteiger partial charge in [0.05, 0.1) is 0 Å². The summed E-state index contributed by atoms with van der Waals surface area (Å²) >= 11 is 0. The molecule has 0 saturated heterocycles. The molecule has 0 radical (unpaired) electrons. The monoisotopic (exact) mass is 340 g/mol. The second kappa shape index (κ2) is 19.1. The van der Waals surface area contributed by atoms with Crippen molar-refractivity contribution in [3.63, 3.8) is 0 Å². The van der Waals surface area contributed by atoms with Gasteiger partial charge in [-0.15, -0.1) is 0 Å². The van der Waals surface area contributed by atoms with Gasteiger partial charge in [-0.05, 0) is 17.1 Å². The molecule has 0 amide bonds. The first-order valence-electron chi connectivity index (χ1n) is 5.64. The Balaban J connectivity index is -0.000000206. The minimum atomic E-state index is -0.146. The van der Waals surface area contributed by atoms with Crippen LogP contribution >= 0.6 is 0 Å². The number of hydrogen-bond donors (Lipinski definition) is 0. The van der Waals surface area contributed by atoms with Gasteiger partial charge in [0.15, 0.2) is 0 Å². The van der Waals surface area contributed by atoms with Crippen LogP contribution in [0.15, 0.2) is 42.0 Å². The van der Waals surface area contributed by atoms with Crippen LogP contribution in [0.1, 0.15) is 26.3 Å². The molecule has 1 rings (SSSR count). The molecule has 0 aliphatic rings. The third-order valence-electron chi connectivity index (χ3n) is 2.16. The van der Waals surface area contributed by atoms with E-state index in [4.69, 9.17) is 14.0 Å². The van der Waals surface area contributed by atoms with Gasteiger partial charge < -0.3 is 0 Å². The number of allylic oxidation sites excluding steroid dienone is 2. The van der Waals surface area contributed by atoms with Gasteiger partial charge in [-0.1, -0.05) is 57.2 Å². The van der Waals surface area contributed by atoms with E-state index in [2.05, 4.69) is 20.0 Å². The van der Waals surface area contributed by atoms with Crippen LogP contribution < -0.4 is 0 Å². The molecule has 0 bridgehead atoms. The average Bonchev–Trinajstić information content (AvgIpc) is 2.53. The summed E-state index contributed by atoms with van der Waals surface area (Å²) in [5, 5.41) is 0. The Morgan fingerprint density at radius 2 is 1.41 bits per heavy atom. The van der Waals surface area contributed by atoms with Crippen LogP contribution in [0.25, 0.3) is 6.08 Å². The van der Waals surface area contributed by atoms with E-state index in [0.717, 1.165) is 5.56 Å². The normalized spacial score (nSPS) is 8.05. The first-order chi connectivity index (χ1) is 10.0. The molecule has 0 aromatic heterocycles. The minimum Gasteiger partial charge on any atom is 0 e. The van der Waals surface area contributed by atoms with Gasteiger partial charge in [-0.2, -0.15) is 0 Å². The molecule has 22 heavy (non-hydrogen) atoms. The zero-order valence-electron chi connectivity index (χ0n) is 12.5. The van der Waals surface area contributed by atoms with Crippen LogP contribution in [-0.4, -0.2) is 5.94 Å². The van der Waals surface area contributed by atoms with Gasteiger partial charge in [0.1, 0.15) is 5.94 Å². The standard InChI is InChI=1S/C14H16O.3CO.Fe/c1-14(2,3)13(11-15)10-9-12-7-5-4-6-8-12;3*1-2;/h4-10H,1-3H3;;;;. The van der Waals surface area contributed by atoms with Crippen LogP contribution in [-0.2, 0) is 35.8 Å². The maximum absolute atomic E-state index is 10.8. The zero-order chi connectivity index (χ0) is 17.3. The molecule has 0 aliphatic heterocycles. The van der Waals surface area contributed by atoms with Crippen LogP contribution in [0.5, 0.6) is 0 Å². The van der Waals surface area contributed by atoms with Crippen molar-refractivity contribution in [1.82, 2.24) is 0 Å². The van der Waals surface area contributed by atoms with Crippen LogP contribution in [0.4, 0.5) is 0 Å². The Labute approximate surface area is 141 Å². The Kier molecular flexibility index (Phi) is 24.7. The van der Waals surface area contributed by atoms with Crippen molar-refractivity contribution in [2.24, 2.45) is 5.41 Å². The summed E-state index contributed by atoms with van der Waals surface area (Å²) in [5.74, 6) is 1.99. The van der Waals surface area contributed by atoms with E-state index < -0.39 is 0 Å². The summed E-state index contributed by atoms with van der Waals surface area (Å²) in [4.78, 5) is 10.8. The van der Waals surface area contributed by atoms with Crippen LogP contribution in [0, 0.1) is 25.4 Å². The molecule has 4 nitrogen and oxygen atoms in total. The Hall–Kier alpha value is -1.85. The maximum atomic E-state index is 10.8. The van der Waals surface area contributed by atoms with E-state index >= 15 is 0 Å².